The number of amides is 1. The van der Waals surface area contributed by atoms with Gasteiger partial charge in [0.05, 0.1) is 5.56 Å². The summed E-state index contributed by atoms with van der Waals surface area (Å²) in [5.74, 6) is -0.506. The predicted octanol–water partition coefficient (Wildman–Crippen LogP) is 2.33. The fraction of sp³-hybridized carbons (Fsp3) is 0.467. The molecule has 0 spiro atoms. The summed E-state index contributed by atoms with van der Waals surface area (Å²) in [5.41, 5.74) is 6.32. The van der Waals surface area contributed by atoms with Crippen molar-refractivity contribution in [3.63, 3.8) is 0 Å². The van der Waals surface area contributed by atoms with E-state index in [4.69, 9.17) is 10.8 Å². The lowest BCUT2D eigenvalue weighted by molar-refractivity contribution is -0.117. The SMILES string of the molecule is CC(C)CC(CN)CC(=O)Nc1cccc(C(=O)O)c1. The van der Waals surface area contributed by atoms with Crippen LogP contribution < -0.4 is 11.1 Å². The van der Waals surface area contributed by atoms with Crippen molar-refractivity contribution in [2.45, 2.75) is 26.7 Å². The van der Waals surface area contributed by atoms with Crippen LogP contribution in [0.2, 0.25) is 0 Å². The molecule has 4 N–H and O–H groups in total. The van der Waals surface area contributed by atoms with Gasteiger partial charge in [-0.3, -0.25) is 4.79 Å². The van der Waals surface area contributed by atoms with Gasteiger partial charge in [0.15, 0.2) is 0 Å². The second-order valence-corrected chi connectivity index (χ2v) is 5.37. The van der Waals surface area contributed by atoms with Gasteiger partial charge in [0.2, 0.25) is 5.91 Å². The molecule has 0 aliphatic carbocycles. The Morgan fingerprint density at radius 2 is 2.05 bits per heavy atom. The largest absolute Gasteiger partial charge is 0.478 e. The van der Waals surface area contributed by atoms with Crippen molar-refractivity contribution in [1.82, 2.24) is 0 Å². The molecule has 1 aromatic carbocycles. The summed E-state index contributed by atoms with van der Waals surface area (Å²) in [6, 6.07) is 6.21. The molecule has 20 heavy (non-hydrogen) atoms. The number of anilines is 1. The third-order valence-electron chi connectivity index (χ3n) is 3.01. The standard InChI is InChI=1S/C15H22N2O3/c1-10(2)6-11(9-16)7-14(18)17-13-5-3-4-12(8-13)15(19)20/h3-5,8,10-11H,6-7,9,16H2,1-2H3,(H,17,18)(H,19,20). The van der Waals surface area contributed by atoms with Gasteiger partial charge in [-0.2, -0.15) is 0 Å². The monoisotopic (exact) mass is 278 g/mol. The summed E-state index contributed by atoms with van der Waals surface area (Å²) in [7, 11) is 0. The number of carboxylic acids is 1. The van der Waals surface area contributed by atoms with Crippen LogP contribution in [0, 0.1) is 11.8 Å². The zero-order chi connectivity index (χ0) is 15.1. The smallest absolute Gasteiger partial charge is 0.335 e. The van der Waals surface area contributed by atoms with E-state index >= 15 is 0 Å². The van der Waals surface area contributed by atoms with Gasteiger partial charge < -0.3 is 16.2 Å². The molecule has 0 radical (unpaired) electrons. The predicted molar refractivity (Wildman–Crippen MR) is 78.6 cm³/mol. The Bertz CT molecular complexity index is 472. The van der Waals surface area contributed by atoms with Crippen molar-refractivity contribution in [3.05, 3.63) is 29.8 Å². The number of aromatic carboxylic acids is 1. The summed E-state index contributed by atoms with van der Waals surface area (Å²) < 4.78 is 0. The lowest BCUT2D eigenvalue weighted by Crippen LogP contribution is -2.23. The normalized spacial score (nSPS) is 12.2. The summed E-state index contributed by atoms with van der Waals surface area (Å²) in [5, 5.41) is 11.6. The highest BCUT2D eigenvalue weighted by Crippen LogP contribution is 2.16. The molecule has 0 saturated carbocycles. The van der Waals surface area contributed by atoms with E-state index in [0.717, 1.165) is 6.42 Å². The molecule has 5 heteroatoms. The van der Waals surface area contributed by atoms with Crippen LogP contribution in [-0.4, -0.2) is 23.5 Å². The average molecular weight is 278 g/mol. The number of nitrogens with two attached hydrogens (primary N) is 1. The van der Waals surface area contributed by atoms with Crippen LogP contribution in [0.25, 0.3) is 0 Å². The van der Waals surface area contributed by atoms with Crippen LogP contribution in [-0.2, 0) is 4.79 Å². The highest BCUT2D eigenvalue weighted by atomic mass is 16.4. The van der Waals surface area contributed by atoms with Gasteiger partial charge in [0.1, 0.15) is 0 Å². The van der Waals surface area contributed by atoms with E-state index in [1.165, 1.54) is 12.1 Å². The highest BCUT2D eigenvalue weighted by molar-refractivity contribution is 5.93. The molecular weight excluding hydrogens is 256 g/mol. The molecule has 1 amide bonds. The minimum absolute atomic E-state index is 0.136. The zero-order valence-electron chi connectivity index (χ0n) is 11.9. The van der Waals surface area contributed by atoms with E-state index in [-0.39, 0.29) is 17.4 Å². The molecule has 110 valence electrons. The number of rotatable bonds is 7. The van der Waals surface area contributed by atoms with Crippen molar-refractivity contribution in [3.8, 4) is 0 Å². The van der Waals surface area contributed by atoms with Gasteiger partial charge in [0.25, 0.3) is 0 Å². The Morgan fingerprint density at radius 3 is 2.60 bits per heavy atom. The van der Waals surface area contributed by atoms with Crippen molar-refractivity contribution in [2.75, 3.05) is 11.9 Å². The Balaban J connectivity index is 2.61. The Kier molecular flexibility index (Phi) is 6.18. The first-order valence-electron chi connectivity index (χ1n) is 6.75. The minimum Gasteiger partial charge on any atom is -0.478 e. The molecule has 5 nitrogen and oxygen atoms in total. The fourth-order valence-corrected chi connectivity index (χ4v) is 2.13. The molecule has 0 aliphatic heterocycles. The maximum atomic E-state index is 11.9. The van der Waals surface area contributed by atoms with E-state index < -0.39 is 5.97 Å². The number of carbonyl (C=O) groups excluding carboxylic acids is 1. The van der Waals surface area contributed by atoms with Crippen LogP contribution >= 0.6 is 0 Å². The summed E-state index contributed by atoms with van der Waals surface area (Å²) in [6.07, 6.45) is 1.26. The minimum atomic E-state index is -1.01. The van der Waals surface area contributed by atoms with E-state index in [1.807, 2.05) is 0 Å². The highest BCUT2D eigenvalue weighted by Gasteiger charge is 2.14. The molecule has 1 aromatic rings. The van der Waals surface area contributed by atoms with Gasteiger partial charge in [-0.05, 0) is 43.0 Å². The molecule has 0 heterocycles. The van der Waals surface area contributed by atoms with Gasteiger partial charge >= 0.3 is 5.97 Å². The van der Waals surface area contributed by atoms with Crippen LogP contribution in [0.4, 0.5) is 5.69 Å². The quantitative estimate of drug-likeness (QED) is 0.713. The summed E-state index contributed by atoms with van der Waals surface area (Å²) in [4.78, 5) is 22.8. The Hall–Kier alpha value is -1.88. The third kappa shape index (κ3) is 5.40. The summed E-state index contributed by atoms with van der Waals surface area (Å²) in [6.45, 7) is 4.66. The van der Waals surface area contributed by atoms with Gasteiger partial charge in [-0.15, -0.1) is 0 Å². The molecule has 1 rings (SSSR count). The van der Waals surface area contributed by atoms with Crippen LogP contribution in [0.15, 0.2) is 24.3 Å². The molecule has 1 unspecified atom stereocenters. The van der Waals surface area contributed by atoms with Crippen LogP contribution in [0.5, 0.6) is 0 Å². The lowest BCUT2D eigenvalue weighted by Gasteiger charge is -2.16. The van der Waals surface area contributed by atoms with Gasteiger partial charge in [-0.1, -0.05) is 19.9 Å². The molecular formula is C15H22N2O3. The van der Waals surface area contributed by atoms with Crippen molar-refractivity contribution < 1.29 is 14.7 Å². The zero-order valence-corrected chi connectivity index (χ0v) is 11.9. The van der Waals surface area contributed by atoms with Crippen molar-refractivity contribution >= 4 is 17.6 Å². The number of hydrogen-bond acceptors (Lipinski definition) is 3. The third-order valence-corrected chi connectivity index (χ3v) is 3.01. The molecule has 0 saturated heterocycles. The molecule has 0 aliphatic rings. The summed E-state index contributed by atoms with van der Waals surface area (Å²) >= 11 is 0. The van der Waals surface area contributed by atoms with Gasteiger partial charge in [-0.25, -0.2) is 4.79 Å². The van der Waals surface area contributed by atoms with E-state index in [0.29, 0.717) is 24.6 Å². The van der Waals surface area contributed by atoms with Gasteiger partial charge in [0, 0.05) is 12.1 Å². The van der Waals surface area contributed by atoms with Crippen LogP contribution in [0.1, 0.15) is 37.0 Å². The van der Waals surface area contributed by atoms with E-state index in [2.05, 4.69) is 19.2 Å². The Labute approximate surface area is 119 Å². The second kappa shape index (κ2) is 7.65. The molecule has 1 atom stereocenters. The maximum Gasteiger partial charge on any atom is 0.335 e. The second-order valence-electron chi connectivity index (χ2n) is 5.37. The van der Waals surface area contributed by atoms with Crippen LogP contribution in [0.3, 0.4) is 0 Å². The number of nitrogens with one attached hydrogen (secondary N) is 1. The first-order valence-corrected chi connectivity index (χ1v) is 6.75. The number of hydrogen-bond donors (Lipinski definition) is 3. The fourth-order valence-electron chi connectivity index (χ4n) is 2.13. The van der Waals surface area contributed by atoms with E-state index in [1.54, 1.807) is 12.1 Å². The van der Waals surface area contributed by atoms with Crippen molar-refractivity contribution in [1.29, 1.82) is 0 Å². The average Bonchev–Trinajstić information content (AvgIpc) is 2.37. The Morgan fingerprint density at radius 1 is 1.35 bits per heavy atom. The number of carbonyl (C=O) groups is 2. The first-order chi connectivity index (χ1) is 9.42. The molecule has 0 bridgehead atoms. The topological polar surface area (TPSA) is 92.4 Å². The molecule has 0 aromatic heterocycles. The maximum absolute atomic E-state index is 11.9. The van der Waals surface area contributed by atoms with Crippen molar-refractivity contribution in [2.24, 2.45) is 17.6 Å². The molecule has 0 fully saturated rings. The van der Waals surface area contributed by atoms with E-state index in [9.17, 15) is 9.59 Å². The first kappa shape index (κ1) is 16.2. The number of benzene rings is 1. The lowest BCUT2D eigenvalue weighted by atomic mass is 9.94. The number of carboxylic acid groups (broad SMARTS) is 1.